The summed E-state index contributed by atoms with van der Waals surface area (Å²) in [6.45, 7) is 3.69. The number of amides is 2. The zero-order chi connectivity index (χ0) is 23.5. The highest BCUT2D eigenvalue weighted by molar-refractivity contribution is 6.02. The Kier molecular flexibility index (Phi) is 6.45. The Bertz CT molecular complexity index is 1140. The molecule has 7 heteroatoms. The molecule has 1 saturated heterocycles. The van der Waals surface area contributed by atoms with Crippen molar-refractivity contribution >= 4 is 11.8 Å². The van der Waals surface area contributed by atoms with E-state index in [0.717, 1.165) is 11.1 Å². The van der Waals surface area contributed by atoms with Gasteiger partial charge in [-0.2, -0.15) is 0 Å². The van der Waals surface area contributed by atoms with Crippen LogP contribution in [0, 0.1) is 12.8 Å². The summed E-state index contributed by atoms with van der Waals surface area (Å²) in [4.78, 5) is 30.4. The summed E-state index contributed by atoms with van der Waals surface area (Å²) in [6.07, 6.45) is 2.12. The number of carbonyl (C=O) groups is 2. The van der Waals surface area contributed by atoms with Crippen LogP contribution in [0.15, 0.2) is 65.2 Å². The molecule has 0 N–H and O–H groups in total. The normalized spacial score (nSPS) is 18.7. The van der Waals surface area contributed by atoms with Crippen molar-refractivity contribution in [3.63, 3.8) is 0 Å². The minimum absolute atomic E-state index is 0.00615. The van der Waals surface area contributed by atoms with Gasteiger partial charge < -0.3 is 19.1 Å². The molecular weight excluding hydrogens is 430 g/mol. The molecule has 2 amide bonds. The van der Waals surface area contributed by atoms with Crippen molar-refractivity contribution in [1.29, 1.82) is 0 Å². The Morgan fingerprint density at radius 3 is 2.47 bits per heavy atom. The first-order chi connectivity index (χ1) is 16.6. The molecule has 1 aromatic heterocycles. The fraction of sp³-hybridized carbons (Fsp3) is 0.370. The van der Waals surface area contributed by atoms with E-state index < -0.39 is 0 Å². The molecule has 5 rings (SSSR count). The monoisotopic (exact) mass is 459 g/mol. The van der Waals surface area contributed by atoms with Gasteiger partial charge in [0, 0.05) is 31.8 Å². The van der Waals surface area contributed by atoms with Gasteiger partial charge >= 0.3 is 0 Å². The summed E-state index contributed by atoms with van der Waals surface area (Å²) in [5.41, 5.74) is 2.75. The third-order valence-corrected chi connectivity index (χ3v) is 6.42. The second-order valence-corrected chi connectivity index (χ2v) is 9.17. The highest BCUT2D eigenvalue weighted by Gasteiger charge is 2.35. The predicted molar refractivity (Wildman–Crippen MR) is 127 cm³/mol. The standard InChI is InChI=1S/C27H29N3O4/c1-19-25(26(28-34-19)22-10-6-3-7-11-22)27(32)30-16-23(33-18-21-12-13-21)15-29(24(31)17-30)14-20-8-4-2-5-9-20/h2-11,21,23H,12-18H2,1H3. The van der Waals surface area contributed by atoms with Gasteiger partial charge in [0.15, 0.2) is 0 Å². The second-order valence-electron chi connectivity index (χ2n) is 9.17. The van der Waals surface area contributed by atoms with Crippen LogP contribution in [0.5, 0.6) is 0 Å². The Labute approximate surface area is 199 Å². The molecule has 0 radical (unpaired) electrons. The van der Waals surface area contributed by atoms with E-state index in [-0.39, 0.29) is 24.5 Å². The van der Waals surface area contributed by atoms with Gasteiger partial charge in [0.1, 0.15) is 23.6 Å². The molecule has 0 spiro atoms. The third-order valence-electron chi connectivity index (χ3n) is 6.42. The Hall–Kier alpha value is -3.45. The molecule has 1 atom stereocenters. The Morgan fingerprint density at radius 1 is 1.06 bits per heavy atom. The van der Waals surface area contributed by atoms with E-state index in [4.69, 9.17) is 9.26 Å². The molecule has 2 aliphatic rings. The summed E-state index contributed by atoms with van der Waals surface area (Å²) in [5, 5.41) is 4.15. The summed E-state index contributed by atoms with van der Waals surface area (Å²) in [6, 6.07) is 19.4. The maximum atomic E-state index is 13.7. The first-order valence-electron chi connectivity index (χ1n) is 11.8. The maximum absolute atomic E-state index is 13.7. The lowest BCUT2D eigenvalue weighted by atomic mass is 10.1. The van der Waals surface area contributed by atoms with Gasteiger partial charge in [-0.05, 0) is 31.2 Å². The van der Waals surface area contributed by atoms with Gasteiger partial charge in [-0.15, -0.1) is 0 Å². The summed E-state index contributed by atoms with van der Waals surface area (Å²) in [7, 11) is 0. The van der Waals surface area contributed by atoms with Crippen LogP contribution in [0.25, 0.3) is 11.3 Å². The number of hydrogen-bond acceptors (Lipinski definition) is 5. The summed E-state index contributed by atoms with van der Waals surface area (Å²) < 4.78 is 11.6. The lowest BCUT2D eigenvalue weighted by Gasteiger charge is -2.25. The average molecular weight is 460 g/mol. The van der Waals surface area contributed by atoms with E-state index in [1.807, 2.05) is 60.7 Å². The number of hydrogen-bond donors (Lipinski definition) is 0. The van der Waals surface area contributed by atoms with Crippen molar-refractivity contribution in [3.05, 3.63) is 77.6 Å². The fourth-order valence-corrected chi connectivity index (χ4v) is 4.33. The predicted octanol–water partition coefficient (Wildman–Crippen LogP) is 3.93. The van der Waals surface area contributed by atoms with E-state index >= 15 is 0 Å². The molecule has 1 aliphatic heterocycles. The number of carbonyl (C=O) groups excluding carboxylic acids is 2. The number of rotatable bonds is 7. The van der Waals surface area contributed by atoms with Crippen LogP contribution in [-0.4, -0.2) is 59.1 Å². The Balaban J connectivity index is 1.40. The molecule has 1 aliphatic carbocycles. The topological polar surface area (TPSA) is 75.9 Å². The van der Waals surface area contributed by atoms with E-state index in [2.05, 4.69) is 5.16 Å². The van der Waals surface area contributed by atoms with Crippen LogP contribution >= 0.6 is 0 Å². The molecule has 2 fully saturated rings. The molecule has 2 aromatic carbocycles. The van der Waals surface area contributed by atoms with Crippen LogP contribution in [0.1, 0.15) is 34.5 Å². The van der Waals surface area contributed by atoms with Crippen LogP contribution < -0.4 is 0 Å². The largest absolute Gasteiger partial charge is 0.374 e. The first kappa shape index (κ1) is 22.3. The van der Waals surface area contributed by atoms with Gasteiger partial charge in [0.25, 0.3) is 5.91 Å². The highest BCUT2D eigenvalue weighted by Crippen LogP contribution is 2.30. The smallest absolute Gasteiger partial charge is 0.260 e. The molecule has 34 heavy (non-hydrogen) atoms. The molecular formula is C27H29N3O4. The third kappa shape index (κ3) is 5.04. The van der Waals surface area contributed by atoms with Crippen LogP contribution in [0.4, 0.5) is 0 Å². The molecule has 2 heterocycles. The molecule has 0 bridgehead atoms. The lowest BCUT2D eigenvalue weighted by Crippen LogP contribution is -2.40. The number of ether oxygens (including phenoxy) is 1. The number of aromatic nitrogens is 1. The number of benzene rings is 2. The van der Waals surface area contributed by atoms with Crippen molar-refractivity contribution in [1.82, 2.24) is 15.0 Å². The van der Waals surface area contributed by atoms with E-state index in [1.165, 1.54) is 12.8 Å². The van der Waals surface area contributed by atoms with Gasteiger partial charge in [-0.1, -0.05) is 65.8 Å². The molecule has 176 valence electrons. The zero-order valence-corrected chi connectivity index (χ0v) is 19.4. The van der Waals surface area contributed by atoms with Crippen LogP contribution in [0.3, 0.4) is 0 Å². The second kappa shape index (κ2) is 9.81. The fourth-order valence-electron chi connectivity index (χ4n) is 4.33. The first-order valence-corrected chi connectivity index (χ1v) is 11.8. The molecule has 7 nitrogen and oxygen atoms in total. The van der Waals surface area contributed by atoms with Crippen molar-refractivity contribution in [3.8, 4) is 11.3 Å². The highest BCUT2D eigenvalue weighted by atomic mass is 16.5. The average Bonchev–Trinajstić information content (AvgIpc) is 3.63. The summed E-state index contributed by atoms with van der Waals surface area (Å²) >= 11 is 0. The van der Waals surface area contributed by atoms with E-state index in [0.29, 0.717) is 49.2 Å². The molecule has 3 aromatic rings. The van der Waals surface area contributed by atoms with Crippen molar-refractivity contribution in [2.75, 3.05) is 26.2 Å². The zero-order valence-electron chi connectivity index (χ0n) is 19.4. The number of nitrogens with zero attached hydrogens (tertiary/aromatic N) is 3. The summed E-state index contributed by atoms with van der Waals surface area (Å²) in [5.74, 6) is 0.686. The Morgan fingerprint density at radius 2 is 1.76 bits per heavy atom. The van der Waals surface area contributed by atoms with Gasteiger partial charge in [0.2, 0.25) is 5.91 Å². The number of aryl methyl sites for hydroxylation is 1. The quantitative estimate of drug-likeness (QED) is 0.535. The van der Waals surface area contributed by atoms with Gasteiger partial charge in [0.05, 0.1) is 6.10 Å². The minimum Gasteiger partial charge on any atom is -0.374 e. The van der Waals surface area contributed by atoms with Crippen molar-refractivity contribution in [2.45, 2.75) is 32.4 Å². The van der Waals surface area contributed by atoms with Gasteiger partial charge in [-0.3, -0.25) is 9.59 Å². The molecule has 1 unspecified atom stereocenters. The van der Waals surface area contributed by atoms with E-state index in [9.17, 15) is 9.59 Å². The van der Waals surface area contributed by atoms with Crippen LogP contribution in [-0.2, 0) is 16.1 Å². The maximum Gasteiger partial charge on any atom is 0.260 e. The lowest BCUT2D eigenvalue weighted by molar-refractivity contribution is -0.132. The SMILES string of the molecule is Cc1onc(-c2ccccc2)c1C(=O)N1CC(=O)N(Cc2ccccc2)CC(OCC2CC2)C1. The molecule has 1 saturated carbocycles. The van der Waals surface area contributed by atoms with E-state index in [1.54, 1.807) is 16.7 Å². The van der Waals surface area contributed by atoms with Crippen molar-refractivity contribution < 1.29 is 18.8 Å². The van der Waals surface area contributed by atoms with Gasteiger partial charge in [-0.25, -0.2) is 0 Å². The minimum atomic E-state index is -0.257. The van der Waals surface area contributed by atoms with Crippen LogP contribution in [0.2, 0.25) is 0 Å². The van der Waals surface area contributed by atoms with Crippen molar-refractivity contribution in [2.24, 2.45) is 5.92 Å².